The first-order valence-corrected chi connectivity index (χ1v) is 9.50. The Morgan fingerprint density at radius 3 is 2.52 bits per heavy atom. The number of carboxylic acids is 1. The summed E-state index contributed by atoms with van der Waals surface area (Å²) in [4.78, 5) is 11.6. The fourth-order valence-electron chi connectivity index (χ4n) is 3.82. The Bertz CT molecular complexity index is 1250. The van der Waals surface area contributed by atoms with Gasteiger partial charge in [0.15, 0.2) is 0 Å². The van der Waals surface area contributed by atoms with E-state index in [1.807, 2.05) is 73.3 Å². The number of fused-ring (bicyclic) bond motifs is 1. The Morgan fingerprint density at radius 1 is 1.00 bits per heavy atom. The van der Waals surface area contributed by atoms with Crippen LogP contribution in [0.25, 0.3) is 22.0 Å². The molecule has 0 aliphatic rings. The van der Waals surface area contributed by atoms with E-state index >= 15 is 0 Å². The first-order valence-electron chi connectivity index (χ1n) is 9.50. The van der Waals surface area contributed by atoms with E-state index in [0.29, 0.717) is 17.7 Å². The molecule has 1 aromatic heterocycles. The number of hydrogen-bond acceptors (Lipinski definition) is 2. The lowest BCUT2D eigenvalue weighted by Gasteiger charge is -2.12. The first kappa shape index (κ1) is 18.7. The number of hydrogen-bond donors (Lipinski definition) is 2. The van der Waals surface area contributed by atoms with Gasteiger partial charge in [0.25, 0.3) is 0 Å². The van der Waals surface area contributed by atoms with Crippen molar-refractivity contribution in [3.05, 3.63) is 95.2 Å². The van der Waals surface area contributed by atoms with E-state index in [0.717, 1.165) is 33.2 Å². The molecule has 29 heavy (non-hydrogen) atoms. The zero-order valence-corrected chi connectivity index (χ0v) is 16.4. The summed E-state index contributed by atoms with van der Waals surface area (Å²) in [7, 11) is 1.99. The molecule has 0 unspecified atom stereocenters. The van der Waals surface area contributed by atoms with Gasteiger partial charge in [-0.15, -0.1) is 0 Å². The van der Waals surface area contributed by atoms with Gasteiger partial charge in [0.2, 0.25) is 0 Å². The van der Waals surface area contributed by atoms with Crippen LogP contribution in [0.1, 0.15) is 27.0 Å². The monoisotopic (exact) mass is 382 g/mol. The molecule has 0 bridgehead atoms. The predicted molar refractivity (Wildman–Crippen MR) is 117 cm³/mol. The number of aromatic carboxylic acids is 1. The van der Waals surface area contributed by atoms with E-state index in [4.69, 9.17) is 5.41 Å². The smallest absolute Gasteiger partial charge is 0.336 e. The van der Waals surface area contributed by atoms with Crippen molar-refractivity contribution in [1.29, 1.82) is 5.41 Å². The number of benzene rings is 3. The van der Waals surface area contributed by atoms with Crippen LogP contribution in [0.3, 0.4) is 0 Å². The van der Waals surface area contributed by atoms with E-state index < -0.39 is 5.97 Å². The third-order valence-corrected chi connectivity index (χ3v) is 5.41. The van der Waals surface area contributed by atoms with Gasteiger partial charge in [-0.25, -0.2) is 4.79 Å². The lowest BCUT2D eigenvalue weighted by molar-refractivity contribution is 0.0697. The maximum Gasteiger partial charge on any atom is 0.336 e. The predicted octanol–water partition coefficient (Wildman–Crippen LogP) is 5.46. The number of aryl methyl sites for hydroxylation is 2. The van der Waals surface area contributed by atoms with E-state index in [1.54, 1.807) is 12.1 Å². The van der Waals surface area contributed by atoms with Crippen LogP contribution in [0.5, 0.6) is 0 Å². The summed E-state index contributed by atoms with van der Waals surface area (Å²) in [5, 5.41) is 19.3. The highest BCUT2D eigenvalue weighted by Crippen LogP contribution is 2.28. The lowest BCUT2D eigenvalue weighted by Crippen LogP contribution is -2.05. The lowest BCUT2D eigenvalue weighted by atomic mass is 9.93. The summed E-state index contributed by atoms with van der Waals surface area (Å²) in [6, 6.07) is 21.1. The van der Waals surface area contributed by atoms with Crippen LogP contribution in [0, 0.1) is 12.3 Å². The normalized spacial score (nSPS) is 11.0. The molecule has 0 saturated heterocycles. The molecule has 0 atom stereocenters. The number of aromatic nitrogens is 1. The molecule has 2 N–H and O–H groups in total. The van der Waals surface area contributed by atoms with Crippen LogP contribution in [0.4, 0.5) is 0 Å². The molecular weight excluding hydrogens is 360 g/mol. The van der Waals surface area contributed by atoms with Gasteiger partial charge in [-0.1, -0.05) is 54.6 Å². The van der Waals surface area contributed by atoms with Crippen LogP contribution in [-0.4, -0.2) is 21.4 Å². The Labute approximate surface area is 169 Å². The van der Waals surface area contributed by atoms with Crippen molar-refractivity contribution >= 4 is 22.6 Å². The van der Waals surface area contributed by atoms with Crippen molar-refractivity contribution in [3.63, 3.8) is 0 Å². The third-order valence-electron chi connectivity index (χ3n) is 5.41. The van der Waals surface area contributed by atoms with E-state index in [2.05, 4.69) is 6.07 Å². The van der Waals surface area contributed by atoms with Gasteiger partial charge in [-0.2, -0.15) is 0 Å². The highest BCUT2D eigenvalue weighted by atomic mass is 16.4. The van der Waals surface area contributed by atoms with Gasteiger partial charge in [0, 0.05) is 41.8 Å². The molecule has 0 aliphatic carbocycles. The first-order chi connectivity index (χ1) is 14.0. The molecule has 0 fully saturated rings. The zero-order valence-electron chi connectivity index (χ0n) is 16.4. The number of carboxylic acid groups (broad SMARTS) is 1. The fourth-order valence-corrected chi connectivity index (χ4v) is 3.82. The molecular formula is C25H22N2O2. The minimum atomic E-state index is -0.939. The largest absolute Gasteiger partial charge is 0.478 e. The zero-order chi connectivity index (χ0) is 20.5. The van der Waals surface area contributed by atoms with Gasteiger partial charge >= 0.3 is 5.97 Å². The average Bonchev–Trinajstić information content (AvgIpc) is 3.07. The van der Waals surface area contributed by atoms with Gasteiger partial charge in [0.05, 0.1) is 5.56 Å². The van der Waals surface area contributed by atoms with E-state index in [1.165, 1.54) is 0 Å². The van der Waals surface area contributed by atoms with E-state index in [-0.39, 0.29) is 5.56 Å². The summed E-state index contributed by atoms with van der Waals surface area (Å²) in [6.45, 7) is 2.03. The molecule has 144 valence electrons. The van der Waals surface area contributed by atoms with Crippen LogP contribution in [-0.2, 0) is 13.5 Å². The van der Waals surface area contributed by atoms with Crippen LogP contribution >= 0.6 is 0 Å². The van der Waals surface area contributed by atoms with Crippen LogP contribution < -0.4 is 0 Å². The van der Waals surface area contributed by atoms with Crippen molar-refractivity contribution in [2.75, 3.05) is 0 Å². The number of nitrogens with one attached hydrogen (secondary N) is 1. The molecule has 4 nitrogen and oxygen atoms in total. The number of rotatable bonds is 5. The molecule has 4 rings (SSSR count). The SMILES string of the molecule is Cc1ccc(-c2ccccc2C(=O)O)cc1CC(=N)c1cn(C)c2ccccc12. The molecule has 0 aliphatic heterocycles. The number of para-hydroxylation sites is 1. The van der Waals surface area contributed by atoms with Crippen molar-refractivity contribution in [1.82, 2.24) is 4.57 Å². The molecule has 0 amide bonds. The second kappa shape index (κ2) is 7.40. The second-order valence-electron chi connectivity index (χ2n) is 7.32. The summed E-state index contributed by atoms with van der Waals surface area (Å²) in [5.41, 5.74) is 6.53. The van der Waals surface area contributed by atoms with Crippen molar-refractivity contribution < 1.29 is 9.90 Å². The second-order valence-corrected chi connectivity index (χ2v) is 7.32. The molecule has 0 radical (unpaired) electrons. The van der Waals surface area contributed by atoms with Crippen LogP contribution in [0.2, 0.25) is 0 Å². The average molecular weight is 382 g/mol. The summed E-state index contributed by atoms with van der Waals surface area (Å²) in [6.07, 6.45) is 2.49. The van der Waals surface area contributed by atoms with Gasteiger partial charge in [0.1, 0.15) is 0 Å². The fraction of sp³-hybridized carbons (Fsp3) is 0.120. The van der Waals surface area contributed by atoms with Crippen molar-refractivity contribution in [2.24, 2.45) is 7.05 Å². The molecule has 4 aromatic rings. The maximum absolute atomic E-state index is 11.6. The Hall–Kier alpha value is -3.66. The van der Waals surface area contributed by atoms with Gasteiger partial charge < -0.3 is 15.1 Å². The molecule has 1 heterocycles. The van der Waals surface area contributed by atoms with Gasteiger partial charge in [-0.3, -0.25) is 0 Å². The van der Waals surface area contributed by atoms with Gasteiger partial charge in [-0.05, 0) is 41.3 Å². The van der Waals surface area contributed by atoms with Crippen molar-refractivity contribution in [3.8, 4) is 11.1 Å². The Kier molecular flexibility index (Phi) is 4.77. The quantitative estimate of drug-likeness (QED) is 0.450. The summed E-state index contributed by atoms with van der Waals surface area (Å²) >= 11 is 0. The summed E-state index contributed by atoms with van der Waals surface area (Å²) in [5.74, 6) is -0.939. The standard InChI is InChI=1S/C25H22N2O2/c1-16-11-12-17(19-7-3-4-9-21(19)25(28)29)13-18(16)14-23(26)22-15-27(2)24-10-6-5-8-20(22)24/h3-13,15,26H,14H2,1-2H3,(H,28,29). The van der Waals surface area contributed by atoms with Crippen molar-refractivity contribution in [2.45, 2.75) is 13.3 Å². The number of carbonyl (C=O) groups is 1. The highest BCUT2D eigenvalue weighted by Gasteiger charge is 2.15. The number of nitrogens with zero attached hydrogens (tertiary/aromatic N) is 1. The highest BCUT2D eigenvalue weighted by molar-refractivity contribution is 6.10. The Balaban J connectivity index is 1.72. The molecule has 3 aromatic carbocycles. The minimum Gasteiger partial charge on any atom is -0.478 e. The molecule has 0 saturated carbocycles. The Morgan fingerprint density at radius 2 is 1.72 bits per heavy atom. The topological polar surface area (TPSA) is 66.1 Å². The maximum atomic E-state index is 11.6. The van der Waals surface area contributed by atoms with Crippen LogP contribution in [0.15, 0.2) is 72.9 Å². The molecule has 0 spiro atoms. The summed E-state index contributed by atoms with van der Waals surface area (Å²) < 4.78 is 2.05. The minimum absolute atomic E-state index is 0.284. The molecule has 4 heteroatoms. The third kappa shape index (κ3) is 3.45. The van der Waals surface area contributed by atoms with E-state index in [9.17, 15) is 9.90 Å².